The summed E-state index contributed by atoms with van der Waals surface area (Å²) in [5.41, 5.74) is 9.30. The molecule has 0 spiro atoms. The van der Waals surface area contributed by atoms with Crippen LogP contribution in [0.3, 0.4) is 0 Å². The predicted molar refractivity (Wildman–Crippen MR) is 70.1 cm³/mol. The molecule has 2 atom stereocenters. The minimum absolute atomic E-state index is 0.517. The topological polar surface area (TPSA) is 29.3 Å². The number of hydrogen-bond donors (Lipinski definition) is 1. The number of rotatable bonds is 1. The molecular weight excluding hydrogens is 196 g/mol. The van der Waals surface area contributed by atoms with Crippen molar-refractivity contribution >= 4 is 11.3 Å². The molecule has 1 aliphatic heterocycles. The molecule has 2 N–H and O–H groups in total. The Bertz CT molecular complexity index is 392. The standard InChI is InChI=1S/C14H20N2/c1-10-9-16(3)11(2)8-14(10)12-4-6-13(15)7-5-12/h4-8,10-11H,9,15H2,1-3H3. The lowest BCUT2D eigenvalue weighted by Crippen LogP contribution is -2.36. The van der Waals surface area contributed by atoms with E-state index in [9.17, 15) is 0 Å². The van der Waals surface area contributed by atoms with Gasteiger partial charge in [-0.15, -0.1) is 0 Å². The van der Waals surface area contributed by atoms with E-state index in [1.54, 1.807) is 0 Å². The van der Waals surface area contributed by atoms with Crippen LogP contribution in [0.4, 0.5) is 5.69 Å². The molecule has 2 unspecified atom stereocenters. The van der Waals surface area contributed by atoms with Gasteiger partial charge in [0.05, 0.1) is 0 Å². The van der Waals surface area contributed by atoms with Crippen LogP contribution in [0.5, 0.6) is 0 Å². The zero-order valence-electron chi connectivity index (χ0n) is 10.3. The summed E-state index contributed by atoms with van der Waals surface area (Å²) in [5.74, 6) is 0.588. The van der Waals surface area contributed by atoms with E-state index >= 15 is 0 Å². The van der Waals surface area contributed by atoms with E-state index in [1.165, 1.54) is 11.1 Å². The van der Waals surface area contributed by atoms with Crippen LogP contribution < -0.4 is 5.73 Å². The lowest BCUT2D eigenvalue weighted by atomic mass is 9.88. The number of benzene rings is 1. The third-order valence-electron chi connectivity index (χ3n) is 3.45. The van der Waals surface area contributed by atoms with Gasteiger partial charge in [-0.1, -0.05) is 25.1 Å². The third kappa shape index (κ3) is 2.12. The van der Waals surface area contributed by atoms with E-state index in [0.717, 1.165) is 12.2 Å². The molecule has 1 aliphatic rings. The Morgan fingerprint density at radius 1 is 1.19 bits per heavy atom. The number of nitrogens with two attached hydrogens (primary N) is 1. The number of hydrogen-bond acceptors (Lipinski definition) is 2. The average Bonchev–Trinajstić information content (AvgIpc) is 2.25. The van der Waals surface area contributed by atoms with E-state index < -0.39 is 0 Å². The quantitative estimate of drug-likeness (QED) is 0.731. The number of likely N-dealkylation sites (N-methyl/N-ethyl adjacent to an activating group) is 1. The van der Waals surface area contributed by atoms with Gasteiger partial charge in [0, 0.05) is 18.3 Å². The van der Waals surface area contributed by atoms with Crippen LogP contribution in [0.2, 0.25) is 0 Å². The van der Waals surface area contributed by atoms with Gasteiger partial charge in [0.15, 0.2) is 0 Å². The maximum atomic E-state index is 5.71. The van der Waals surface area contributed by atoms with Crippen LogP contribution in [-0.4, -0.2) is 24.5 Å². The van der Waals surface area contributed by atoms with E-state index in [1.807, 2.05) is 12.1 Å². The molecule has 0 radical (unpaired) electrons. The predicted octanol–water partition coefficient (Wildman–Crippen LogP) is 2.62. The highest BCUT2D eigenvalue weighted by Crippen LogP contribution is 2.29. The second kappa shape index (κ2) is 4.30. The summed E-state index contributed by atoms with van der Waals surface area (Å²) in [5, 5.41) is 0. The van der Waals surface area contributed by atoms with Gasteiger partial charge in [-0.2, -0.15) is 0 Å². The summed E-state index contributed by atoms with van der Waals surface area (Å²) in [7, 11) is 2.18. The maximum Gasteiger partial charge on any atom is 0.0314 e. The summed E-state index contributed by atoms with van der Waals surface area (Å²) >= 11 is 0. The van der Waals surface area contributed by atoms with Crippen LogP contribution in [-0.2, 0) is 0 Å². The van der Waals surface area contributed by atoms with Crippen molar-refractivity contribution in [2.75, 3.05) is 19.3 Å². The van der Waals surface area contributed by atoms with E-state index in [4.69, 9.17) is 5.73 Å². The molecule has 1 aromatic rings. The van der Waals surface area contributed by atoms with E-state index in [0.29, 0.717) is 12.0 Å². The first-order valence-corrected chi connectivity index (χ1v) is 5.86. The first kappa shape index (κ1) is 11.2. The highest BCUT2D eigenvalue weighted by molar-refractivity contribution is 5.69. The first-order chi connectivity index (χ1) is 7.58. The third-order valence-corrected chi connectivity index (χ3v) is 3.45. The summed E-state index contributed by atoms with van der Waals surface area (Å²) in [6.07, 6.45) is 2.36. The van der Waals surface area contributed by atoms with Gasteiger partial charge < -0.3 is 5.73 Å². The zero-order chi connectivity index (χ0) is 11.7. The molecule has 0 saturated heterocycles. The molecule has 0 aromatic heterocycles. The SMILES string of the molecule is CC1CN(C)C(C)C=C1c1ccc(N)cc1. The molecule has 0 amide bonds. The van der Waals surface area contributed by atoms with Crippen molar-refractivity contribution in [2.45, 2.75) is 19.9 Å². The second-order valence-corrected chi connectivity index (χ2v) is 4.83. The van der Waals surface area contributed by atoms with Crippen molar-refractivity contribution in [2.24, 2.45) is 5.92 Å². The Hall–Kier alpha value is -1.28. The van der Waals surface area contributed by atoms with Crippen molar-refractivity contribution in [1.29, 1.82) is 0 Å². The minimum atomic E-state index is 0.517. The monoisotopic (exact) mass is 216 g/mol. The Labute approximate surface area is 97.8 Å². The summed E-state index contributed by atoms with van der Waals surface area (Å²) in [6, 6.07) is 8.71. The van der Waals surface area contributed by atoms with Crippen molar-refractivity contribution in [3.8, 4) is 0 Å². The molecule has 0 bridgehead atoms. The molecule has 16 heavy (non-hydrogen) atoms. The van der Waals surface area contributed by atoms with Gasteiger partial charge in [0.1, 0.15) is 0 Å². The van der Waals surface area contributed by atoms with Gasteiger partial charge in [-0.25, -0.2) is 0 Å². The lowest BCUT2D eigenvalue weighted by Gasteiger charge is -2.33. The van der Waals surface area contributed by atoms with E-state index in [2.05, 4.69) is 44.0 Å². The smallest absolute Gasteiger partial charge is 0.0314 e. The van der Waals surface area contributed by atoms with Gasteiger partial charge in [-0.3, -0.25) is 4.90 Å². The molecule has 0 aliphatic carbocycles. The normalized spacial score (nSPS) is 26.6. The van der Waals surface area contributed by atoms with Crippen LogP contribution in [0.25, 0.3) is 5.57 Å². The van der Waals surface area contributed by atoms with Crippen molar-refractivity contribution in [1.82, 2.24) is 4.90 Å². The molecule has 2 rings (SSSR count). The first-order valence-electron chi connectivity index (χ1n) is 5.86. The Balaban J connectivity index is 2.32. The Morgan fingerprint density at radius 3 is 2.44 bits per heavy atom. The summed E-state index contributed by atoms with van der Waals surface area (Å²) in [4.78, 5) is 2.38. The molecule has 2 heteroatoms. The van der Waals surface area contributed by atoms with Crippen LogP contribution in [0, 0.1) is 5.92 Å². The van der Waals surface area contributed by atoms with Crippen LogP contribution in [0.1, 0.15) is 19.4 Å². The van der Waals surface area contributed by atoms with E-state index in [-0.39, 0.29) is 0 Å². The second-order valence-electron chi connectivity index (χ2n) is 4.83. The van der Waals surface area contributed by atoms with Crippen LogP contribution in [0.15, 0.2) is 30.3 Å². The fourth-order valence-electron chi connectivity index (χ4n) is 2.30. The highest BCUT2D eigenvalue weighted by atomic mass is 15.1. The minimum Gasteiger partial charge on any atom is -0.399 e. The molecule has 0 fully saturated rings. The van der Waals surface area contributed by atoms with Gasteiger partial charge in [0.25, 0.3) is 0 Å². The van der Waals surface area contributed by atoms with Crippen molar-refractivity contribution in [3.63, 3.8) is 0 Å². The molecule has 86 valence electrons. The molecule has 1 aromatic carbocycles. The Morgan fingerprint density at radius 2 is 1.81 bits per heavy atom. The van der Waals surface area contributed by atoms with Gasteiger partial charge in [0.2, 0.25) is 0 Å². The Kier molecular flexibility index (Phi) is 3.01. The zero-order valence-corrected chi connectivity index (χ0v) is 10.3. The van der Waals surface area contributed by atoms with Gasteiger partial charge >= 0.3 is 0 Å². The fourth-order valence-corrected chi connectivity index (χ4v) is 2.30. The maximum absolute atomic E-state index is 5.71. The largest absolute Gasteiger partial charge is 0.399 e. The average molecular weight is 216 g/mol. The molecule has 2 nitrogen and oxygen atoms in total. The highest BCUT2D eigenvalue weighted by Gasteiger charge is 2.21. The summed E-state index contributed by atoms with van der Waals surface area (Å²) < 4.78 is 0. The van der Waals surface area contributed by atoms with Gasteiger partial charge in [-0.05, 0) is 43.2 Å². The number of nitrogen functional groups attached to an aromatic ring is 1. The lowest BCUT2D eigenvalue weighted by molar-refractivity contribution is 0.264. The van der Waals surface area contributed by atoms with Crippen molar-refractivity contribution < 1.29 is 0 Å². The molecular formula is C14H20N2. The number of nitrogens with zero attached hydrogens (tertiary/aromatic N) is 1. The summed E-state index contributed by atoms with van der Waals surface area (Å²) in [6.45, 7) is 5.64. The van der Waals surface area contributed by atoms with Crippen molar-refractivity contribution in [3.05, 3.63) is 35.9 Å². The molecule has 0 saturated carbocycles. The number of anilines is 1. The van der Waals surface area contributed by atoms with Crippen LogP contribution >= 0.6 is 0 Å². The fraction of sp³-hybridized carbons (Fsp3) is 0.429. The molecule has 1 heterocycles.